The first-order chi connectivity index (χ1) is 13.7. The second-order valence-electron chi connectivity index (χ2n) is 6.19. The van der Waals surface area contributed by atoms with Gasteiger partial charge in [-0.3, -0.25) is 9.69 Å². The van der Waals surface area contributed by atoms with Crippen LogP contribution in [0.15, 0.2) is 77.4 Å². The monoisotopic (exact) mass is 375 g/mol. The summed E-state index contributed by atoms with van der Waals surface area (Å²) < 4.78 is 11.1. The quantitative estimate of drug-likeness (QED) is 0.599. The predicted octanol–water partition coefficient (Wildman–Crippen LogP) is 4.43. The first-order valence-electron chi connectivity index (χ1n) is 8.97. The largest absolute Gasteiger partial charge is 0.468 e. The summed E-state index contributed by atoms with van der Waals surface area (Å²) >= 11 is 0. The van der Waals surface area contributed by atoms with Crippen LogP contribution >= 0.6 is 0 Å². The van der Waals surface area contributed by atoms with Crippen LogP contribution in [0.4, 0.5) is 5.69 Å². The number of ether oxygens (including phenoxy) is 1. The summed E-state index contributed by atoms with van der Waals surface area (Å²) in [5.74, 6) is 1.96. The number of rotatable bonds is 9. The fraction of sp³-hybridized carbons (Fsp3) is 0.182. The number of carbonyl (C=O) groups is 1. The van der Waals surface area contributed by atoms with Gasteiger partial charge in [-0.15, -0.1) is 0 Å². The Morgan fingerprint density at radius 1 is 1.07 bits per heavy atom. The zero-order chi connectivity index (χ0) is 19.6. The Morgan fingerprint density at radius 3 is 2.64 bits per heavy atom. The van der Waals surface area contributed by atoms with Crippen molar-refractivity contribution in [2.75, 3.05) is 18.4 Å². The predicted molar refractivity (Wildman–Crippen MR) is 106 cm³/mol. The third kappa shape index (κ3) is 6.01. The van der Waals surface area contributed by atoms with Gasteiger partial charge in [-0.25, -0.2) is 0 Å². The van der Waals surface area contributed by atoms with Crippen LogP contribution in [0.1, 0.15) is 12.2 Å². The van der Waals surface area contributed by atoms with Crippen molar-refractivity contribution in [2.24, 2.45) is 0 Å². The maximum atomic E-state index is 12.5. The number of para-hydroxylation sites is 1. The van der Waals surface area contributed by atoms with Gasteiger partial charge in [-0.05, 0) is 36.4 Å². The molecule has 0 aliphatic rings. The number of nitrogens with zero attached hydrogens (tertiary/aromatic N) is 2. The molecule has 3 aromatic rings. The van der Waals surface area contributed by atoms with Gasteiger partial charge in [0.05, 0.1) is 25.4 Å². The lowest BCUT2D eigenvalue weighted by atomic mass is 10.3. The normalized spacial score (nSPS) is 10.4. The topological polar surface area (TPSA) is 78.5 Å². The van der Waals surface area contributed by atoms with E-state index in [1.807, 2.05) is 59.5 Å². The molecule has 2 aromatic carbocycles. The van der Waals surface area contributed by atoms with E-state index in [1.165, 1.54) is 0 Å². The average molecular weight is 375 g/mol. The number of anilines is 1. The van der Waals surface area contributed by atoms with Crippen molar-refractivity contribution in [3.8, 4) is 17.6 Å². The molecule has 3 rings (SSSR count). The number of benzene rings is 2. The molecule has 0 radical (unpaired) electrons. The van der Waals surface area contributed by atoms with Crippen molar-refractivity contribution >= 4 is 11.6 Å². The SMILES string of the molecule is N#CCCN(CC(=O)Nc1cccc(Oc2ccccc2)c1)Cc1ccco1. The lowest BCUT2D eigenvalue weighted by molar-refractivity contribution is -0.117. The van der Waals surface area contributed by atoms with Gasteiger partial charge in [0.2, 0.25) is 5.91 Å². The van der Waals surface area contributed by atoms with Gasteiger partial charge in [-0.2, -0.15) is 5.26 Å². The van der Waals surface area contributed by atoms with E-state index in [0.717, 1.165) is 11.5 Å². The molecule has 0 unspecified atom stereocenters. The minimum absolute atomic E-state index is 0.159. The zero-order valence-corrected chi connectivity index (χ0v) is 15.4. The molecule has 0 saturated heterocycles. The van der Waals surface area contributed by atoms with Gasteiger partial charge in [0.1, 0.15) is 17.3 Å². The Bertz CT molecular complexity index is 918. The van der Waals surface area contributed by atoms with Gasteiger partial charge < -0.3 is 14.5 Å². The Hall–Kier alpha value is -3.56. The van der Waals surface area contributed by atoms with Gasteiger partial charge >= 0.3 is 0 Å². The first-order valence-corrected chi connectivity index (χ1v) is 8.97. The van der Waals surface area contributed by atoms with E-state index in [-0.39, 0.29) is 12.5 Å². The summed E-state index contributed by atoms with van der Waals surface area (Å²) in [7, 11) is 0. The van der Waals surface area contributed by atoms with Crippen molar-refractivity contribution in [1.29, 1.82) is 5.26 Å². The second-order valence-corrected chi connectivity index (χ2v) is 6.19. The molecule has 0 bridgehead atoms. The lowest BCUT2D eigenvalue weighted by Gasteiger charge is -2.19. The molecule has 6 heteroatoms. The number of nitrogens with one attached hydrogen (secondary N) is 1. The molecule has 1 amide bonds. The van der Waals surface area contributed by atoms with Crippen molar-refractivity contribution in [1.82, 2.24) is 4.90 Å². The van der Waals surface area contributed by atoms with E-state index < -0.39 is 0 Å². The molecular weight excluding hydrogens is 354 g/mol. The van der Waals surface area contributed by atoms with E-state index >= 15 is 0 Å². The molecule has 0 atom stereocenters. The van der Waals surface area contributed by atoms with Crippen molar-refractivity contribution in [3.05, 3.63) is 78.8 Å². The maximum absolute atomic E-state index is 12.5. The zero-order valence-electron chi connectivity index (χ0n) is 15.4. The summed E-state index contributed by atoms with van der Waals surface area (Å²) in [6, 6.07) is 22.5. The van der Waals surface area contributed by atoms with E-state index in [4.69, 9.17) is 14.4 Å². The molecule has 142 valence electrons. The summed E-state index contributed by atoms with van der Waals surface area (Å²) in [6.45, 7) is 1.12. The van der Waals surface area contributed by atoms with E-state index in [9.17, 15) is 4.79 Å². The number of nitriles is 1. The van der Waals surface area contributed by atoms with E-state index in [0.29, 0.717) is 30.9 Å². The first kappa shape index (κ1) is 19.2. The highest BCUT2D eigenvalue weighted by Crippen LogP contribution is 2.23. The maximum Gasteiger partial charge on any atom is 0.238 e. The Balaban J connectivity index is 1.59. The fourth-order valence-corrected chi connectivity index (χ4v) is 2.71. The van der Waals surface area contributed by atoms with Crippen LogP contribution in [0.3, 0.4) is 0 Å². The summed E-state index contributed by atoms with van der Waals surface area (Å²) in [5, 5.41) is 11.7. The number of hydrogen-bond acceptors (Lipinski definition) is 5. The van der Waals surface area contributed by atoms with Crippen molar-refractivity contribution in [2.45, 2.75) is 13.0 Å². The van der Waals surface area contributed by atoms with Crippen molar-refractivity contribution in [3.63, 3.8) is 0 Å². The van der Waals surface area contributed by atoms with E-state index in [1.54, 1.807) is 18.4 Å². The van der Waals surface area contributed by atoms with Crippen LogP contribution in [0.25, 0.3) is 0 Å². The molecule has 0 aliphatic heterocycles. The van der Waals surface area contributed by atoms with Crippen LogP contribution in [-0.2, 0) is 11.3 Å². The highest BCUT2D eigenvalue weighted by atomic mass is 16.5. The standard InChI is InChI=1S/C22H21N3O3/c23-12-6-13-25(16-21-11-5-14-27-21)17-22(26)24-18-7-4-10-20(15-18)28-19-8-2-1-3-9-19/h1-5,7-11,14-15H,6,13,16-17H2,(H,24,26). The molecular formula is C22H21N3O3. The second kappa shape index (κ2) is 9.95. The van der Waals surface area contributed by atoms with Gasteiger partial charge in [0, 0.05) is 24.7 Å². The molecule has 0 fully saturated rings. The van der Waals surface area contributed by atoms with Crippen LogP contribution in [-0.4, -0.2) is 23.9 Å². The summed E-state index contributed by atoms with van der Waals surface area (Å²) in [6.07, 6.45) is 1.94. The molecule has 28 heavy (non-hydrogen) atoms. The molecule has 0 saturated carbocycles. The molecule has 0 spiro atoms. The van der Waals surface area contributed by atoms with Crippen molar-refractivity contribution < 1.29 is 13.9 Å². The molecule has 6 nitrogen and oxygen atoms in total. The highest BCUT2D eigenvalue weighted by Gasteiger charge is 2.13. The number of furan rings is 1. The van der Waals surface area contributed by atoms with Crippen LogP contribution < -0.4 is 10.1 Å². The Labute approximate surface area is 164 Å². The molecule has 1 heterocycles. The van der Waals surface area contributed by atoms with Crippen LogP contribution in [0.5, 0.6) is 11.5 Å². The Kier molecular flexibility index (Phi) is 6.83. The average Bonchev–Trinajstić information content (AvgIpc) is 3.20. The van der Waals surface area contributed by atoms with Gasteiger partial charge in [0.15, 0.2) is 0 Å². The molecule has 1 aromatic heterocycles. The number of hydrogen-bond donors (Lipinski definition) is 1. The molecule has 0 aliphatic carbocycles. The lowest BCUT2D eigenvalue weighted by Crippen LogP contribution is -2.33. The third-order valence-corrected chi connectivity index (χ3v) is 3.96. The minimum Gasteiger partial charge on any atom is -0.468 e. The highest BCUT2D eigenvalue weighted by molar-refractivity contribution is 5.92. The number of carbonyl (C=O) groups excluding carboxylic acids is 1. The fourth-order valence-electron chi connectivity index (χ4n) is 2.71. The van der Waals surface area contributed by atoms with Crippen LogP contribution in [0.2, 0.25) is 0 Å². The molecule has 1 N–H and O–H groups in total. The smallest absolute Gasteiger partial charge is 0.238 e. The Morgan fingerprint density at radius 2 is 1.89 bits per heavy atom. The minimum atomic E-state index is -0.165. The van der Waals surface area contributed by atoms with Gasteiger partial charge in [0.25, 0.3) is 0 Å². The van der Waals surface area contributed by atoms with E-state index in [2.05, 4.69) is 11.4 Å². The summed E-state index contributed by atoms with van der Waals surface area (Å²) in [4.78, 5) is 14.4. The summed E-state index contributed by atoms with van der Waals surface area (Å²) in [5.41, 5.74) is 0.650. The van der Waals surface area contributed by atoms with Crippen LogP contribution in [0, 0.1) is 11.3 Å². The number of amides is 1. The third-order valence-electron chi connectivity index (χ3n) is 3.96. The van der Waals surface area contributed by atoms with Gasteiger partial charge in [-0.1, -0.05) is 24.3 Å².